The lowest BCUT2D eigenvalue weighted by molar-refractivity contribution is -0.119. The number of aromatic nitrogens is 2. The van der Waals surface area contributed by atoms with Gasteiger partial charge in [0.15, 0.2) is 0 Å². The van der Waals surface area contributed by atoms with Crippen LogP contribution in [0.15, 0.2) is 33.9 Å². The first kappa shape index (κ1) is 15.9. The van der Waals surface area contributed by atoms with Gasteiger partial charge in [-0.05, 0) is 37.1 Å². The summed E-state index contributed by atoms with van der Waals surface area (Å²) < 4.78 is 10.7. The van der Waals surface area contributed by atoms with E-state index >= 15 is 0 Å². The molecule has 1 aromatic carbocycles. The molecule has 1 heterocycles. The molecule has 1 aromatic heterocycles. The van der Waals surface area contributed by atoms with Crippen LogP contribution in [0, 0.1) is 0 Å². The molecule has 23 heavy (non-hydrogen) atoms. The molecule has 0 bridgehead atoms. The van der Waals surface area contributed by atoms with Crippen LogP contribution in [-0.2, 0) is 4.79 Å². The van der Waals surface area contributed by atoms with Crippen LogP contribution >= 0.6 is 11.8 Å². The summed E-state index contributed by atoms with van der Waals surface area (Å²) in [4.78, 5) is 11.9. The molecule has 0 saturated heterocycles. The number of methoxy groups -OCH3 is 1. The van der Waals surface area contributed by atoms with Crippen molar-refractivity contribution in [2.45, 2.75) is 36.9 Å². The van der Waals surface area contributed by atoms with Gasteiger partial charge < -0.3 is 14.5 Å². The molecule has 1 amide bonds. The molecule has 7 heteroatoms. The third kappa shape index (κ3) is 4.25. The fourth-order valence-corrected chi connectivity index (χ4v) is 3.16. The van der Waals surface area contributed by atoms with Crippen molar-refractivity contribution in [3.8, 4) is 17.2 Å². The van der Waals surface area contributed by atoms with E-state index in [1.807, 2.05) is 24.3 Å². The van der Waals surface area contributed by atoms with Crippen molar-refractivity contribution >= 4 is 17.7 Å². The van der Waals surface area contributed by atoms with Crippen molar-refractivity contribution in [2.75, 3.05) is 12.9 Å². The maximum Gasteiger partial charge on any atom is 0.277 e. The van der Waals surface area contributed by atoms with E-state index in [1.165, 1.54) is 24.6 Å². The van der Waals surface area contributed by atoms with Gasteiger partial charge in [-0.3, -0.25) is 4.79 Å². The largest absolute Gasteiger partial charge is 0.497 e. The Labute approximate surface area is 139 Å². The van der Waals surface area contributed by atoms with Crippen LogP contribution in [-0.4, -0.2) is 35.0 Å². The first-order valence-electron chi connectivity index (χ1n) is 7.64. The molecule has 1 aliphatic carbocycles. The predicted octanol–water partition coefficient (Wildman–Crippen LogP) is 2.90. The van der Waals surface area contributed by atoms with Gasteiger partial charge in [-0.1, -0.05) is 24.6 Å². The Bertz CT molecular complexity index is 651. The van der Waals surface area contributed by atoms with Crippen molar-refractivity contribution in [3.63, 3.8) is 0 Å². The maximum atomic E-state index is 11.9. The molecule has 6 nitrogen and oxygen atoms in total. The number of rotatable bonds is 6. The SMILES string of the molecule is COc1ccc(-c2nnc(SCC(=O)NC3CCCC3)o2)cc1. The normalized spacial score (nSPS) is 14.8. The van der Waals surface area contributed by atoms with Crippen molar-refractivity contribution < 1.29 is 13.9 Å². The zero-order chi connectivity index (χ0) is 16.1. The summed E-state index contributed by atoms with van der Waals surface area (Å²) in [5, 5.41) is 11.4. The third-order valence-corrected chi connectivity index (χ3v) is 4.61. The minimum atomic E-state index is 0.0195. The van der Waals surface area contributed by atoms with Crippen LogP contribution in [0.5, 0.6) is 5.75 Å². The van der Waals surface area contributed by atoms with Gasteiger partial charge in [-0.25, -0.2) is 0 Å². The summed E-state index contributed by atoms with van der Waals surface area (Å²) >= 11 is 1.26. The fraction of sp³-hybridized carbons (Fsp3) is 0.438. The minimum Gasteiger partial charge on any atom is -0.497 e. The quantitative estimate of drug-likeness (QED) is 0.819. The van der Waals surface area contributed by atoms with Crippen LogP contribution in [0.25, 0.3) is 11.5 Å². The molecule has 1 aliphatic rings. The van der Waals surface area contributed by atoms with Gasteiger partial charge in [0.05, 0.1) is 12.9 Å². The number of carbonyl (C=O) groups excluding carboxylic acids is 1. The molecule has 2 aromatic rings. The Morgan fingerprint density at radius 2 is 2.04 bits per heavy atom. The zero-order valence-corrected chi connectivity index (χ0v) is 13.8. The highest BCUT2D eigenvalue weighted by Gasteiger charge is 2.18. The summed E-state index contributed by atoms with van der Waals surface area (Å²) in [7, 11) is 1.62. The van der Waals surface area contributed by atoms with E-state index in [2.05, 4.69) is 15.5 Å². The number of nitrogens with one attached hydrogen (secondary N) is 1. The number of benzene rings is 1. The lowest BCUT2D eigenvalue weighted by Gasteiger charge is -2.10. The van der Waals surface area contributed by atoms with E-state index in [1.54, 1.807) is 7.11 Å². The van der Waals surface area contributed by atoms with Gasteiger partial charge in [-0.2, -0.15) is 0 Å². The number of carbonyl (C=O) groups is 1. The molecule has 0 radical (unpaired) electrons. The van der Waals surface area contributed by atoms with Crippen molar-refractivity contribution in [3.05, 3.63) is 24.3 Å². The van der Waals surface area contributed by atoms with E-state index in [4.69, 9.17) is 9.15 Å². The highest BCUT2D eigenvalue weighted by atomic mass is 32.2. The van der Waals surface area contributed by atoms with E-state index in [-0.39, 0.29) is 5.91 Å². The molecule has 1 saturated carbocycles. The molecule has 122 valence electrons. The zero-order valence-electron chi connectivity index (χ0n) is 12.9. The second-order valence-corrected chi connectivity index (χ2v) is 6.37. The summed E-state index contributed by atoms with van der Waals surface area (Å²) in [6, 6.07) is 7.71. The van der Waals surface area contributed by atoms with Crippen LogP contribution in [0.1, 0.15) is 25.7 Å². The van der Waals surface area contributed by atoms with Gasteiger partial charge in [0.1, 0.15) is 5.75 Å². The van der Waals surface area contributed by atoms with E-state index in [9.17, 15) is 4.79 Å². The number of hydrogen-bond donors (Lipinski definition) is 1. The first-order valence-corrected chi connectivity index (χ1v) is 8.63. The molecule has 1 fully saturated rings. The number of hydrogen-bond acceptors (Lipinski definition) is 6. The number of thioether (sulfide) groups is 1. The molecule has 0 spiro atoms. The summed E-state index contributed by atoms with van der Waals surface area (Å²) in [6.07, 6.45) is 4.57. The Morgan fingerprint density at radius 3 is 2.74 bits per heavy atom. The van der Waals surface area contributed by atoms with Gasteiger partial charge in [0.2, 0.25) is 11.8 Å². The molecule has 1 N–H and O–H groups in total. The van der Waals surface area contributed by atoms with Crippen molar-refractivity contribution in [1.82, 2.24) is 15.5 Å². The lowest BCUT2D eigenvalue weighted by Crippen LogP contribution is -2.33. The van der Waals surface area contributed by atoms with Crippen LogP contribution < -0.4 is 10.1 Å². The first-order chi connectivity index (χ1) is 11.2. The van der Waals surface area contributed by atoms with Crippen molar-refractivity contribution in [2.24, 2.45) is 0 Å². The van der Waals surface area contributed by atoms with E-state index in [0.29, 0.717) is 22.9 Å². The second-order valence-electron chi connectivity index (χ2n) is 5.44. The summed E-state index contributed by atoms with van der Waals surface area (Å²) in [5.41, 5.74) is 0.820. The Kier molecular flexibility index (Phi) is 5.17. The third-order valence-electron chi connectivity index (χ3n) is 3.79. The molecule has 3 rings (SSSR count). The fourth-order valence-electron chi connectivity index (χ4n) is 2.59. The lowest BCUT2D eigenvalue weighted by atomic mass is 10.2. The monoisotopic (exact) mass is 333 g/mol. The summed E-state index contributed by atoms with van der Waals surface area (Å²) in [6.45, 7) is 0. The number of ether oxygens (including phenoxy) is 1. The summed E-state index contributed by atoms with van der Waals surface area (Å²) in [5.74, 6) is 1.52. The predicted molar refractivity (Wildman–Crippen MR) is 87.4 cm³/mol. The van der Waals surface area contributed by atoms with Crippen LogP contribution in [0.2, 0.25) is 0 Å². The van der Waals surface area contributed by atoms with E-state index in [0.717, 1.165) is 24.2 Å². The Morgan fingerprint density at radius 1 is 1.30 bits per heavy atom. The molecule has 0 unspecified atom stereocenters. The average molecular weight is 333 g/mol. The average Bonchev–Trinajstić information content (AvgIpc) is 3.25. The molecule has 0 atom stereocenters. The Hall–Kier alpha value is -2.02. The Balaban J connectivity index is 1.53. The van der Waals surface area contributed by atoms with Crippen LogP contribution in [0.3, 0.4) is 0 Å². The van der Waals surface area contributed by atoms with Crippen LogP contribution in [0.4, 0.5) is 0 Å². The molecule has 0 aliphatic heterocycles. The smallest absolute Gasteiger partial charge is 0.277 e. The van der Waals surface area contributed by atoms with E-state index < -0.39 is 0 Å². The standard InChI is InChI=1S/C16H19N3O3S/c1-21-13-8-6-11(7-9-13)15-18-19-16(22-15)23-10-14(20)17-12-4-2-3-5-12/h6-9,12H,2-5,10H2,1H3,(H,17,20). The van der Waals surface area contributed by atoms with Gasteiger partial charge in [0.25, 0.3) is 5.22 Å². The molecular weight excluding hydrogens is 314 g/mol. The number of amides is 1. The second kappa shape index (κ2) is 7.50. The molecular formula is C16H19N3O3S. The topological polar surface area (TPSA) is 77.2 Å². The maximum absolute atomic E-state index is 11.9. The minimum absolute atomic E-state index is 0.0195. The highest BCUT2D eigenvalue weighted by molar-refractivity contribution is 7.99. The van der Waals surface area contributed by atoms with Gasteiger partial charge >= 0.3 is 0 Å². The van der Waals surface area contributed by atoms with Crippen molar-refractivity contribution in [1.29, 1.82) is 0 Å². The van der Waals surface area contributed by atoms with Gasteiger partial charge in [0, 0.05) is 11.6 Å². The van der Waals surface area contributed by atoms with Gasteiger partial charge in [-0.15, -0.1) is 10.2 Å². The number of nitrogens with zero attached hydrogens (tertiary/aromatic N) is 2. The highest BCUT2D eigenvalue weighted by Crippen LogP contribution is 2.25.